The third-order valence-electron chi connectivity index (χ3n) is 9.65. The van der Waals surface area contributed by atoms with E-state index in [1.54, 1.807) is 0 Å². The summed E-state index contributed by atoms with van der Waals surface area (Å²) in [5.74, 6) is 4.55. The van der Waals surface area contributed by atoms with Crippen LogP contribution < -0.4 is 4.74 Å². The van der Waals surface area contributed by atoms with Crippen LogP contribution in [0.1, 0.15) is 57.1 Å². The molecule has 1 aromatic heterocycles. The van der Waals surface area contributed by atoms with Crippen molar-refractivity contribution in [3.05, 3.63) is 72.7 Å². The molecular weight excluding hydrogens is 392 g/mol. The maximum Gasteiger partial charge on any atom is 0.119 e. The third kappa shape index (κ3) is 2.69. The summed E-state index contributed by atoms with van der Waals surface area (Å²) in [5, 5.41) is 0. The molecule has 4 aliphatic carbocycles. The lowest BCUT2D eigenvalue weighted by atomic mass is 9.44. The first-order chi connectivity index (χ1) is 15.7. The van der Waals surface area contributed by atoms with Gasteiger partial charge in [-0.3, -0.25) is 0 Å². The number of para-hydroxylation sites is 1. The Morgan fingerprint density at radius 2 is 1.62 bits per heavy atom. The number of ether oxygens (including phenoxy) is 1. The molecule has 164 valence electrons. The lowest BCUT2D eigenvalue weighted by Crippen LogP contribution is -2.58. The minimum Gasteiger partial charge on any atom is -0.490 e. The summed E-state index contributed by atoms with van der Waals surface area (Å²) >= 11 is 0. The van der Waals surface area contributed by atoms with Gasteiger partial charge in [0.1, 0.15) is 11.9 Å². The van der Waals surface area contributed by atoms with E-state index >= 15 is 0 Å². The number of fused-ring (bicyclic) bond motifs is 3. The molecule has 0 saturated heterocycles. The van der Waals surface area contributed by atoms with Crippen molar-refractivity contribution in [3.8, 4) is 17.0 Å². The predicted octanol–water partition coefficient (Wildman–Crippen LogP) is 6.75. The van der Waals surface area contributed by atoms with Crippen LogP contribution in [0.5, 0.6) is 5.75 Å². The van der Waals surface area contributed by atoms with Gasteiger partial charge in [0.2, 0.25) is 0 Å². The molecule has 0 radical (unpaired) electrons. The Morgan fingerprint density at radius 3 is 2.38 bits per heavy atom. The SMILES string of the molecule is CC1([C@@H](C[C@H]2c3ccccc3-c3cncn32)Oc2ccccc2)C2CC3CC(C2)CC1C3. The molecule has 1 aliphatic heterocycles. The van der Waals surface area contributed by atoms with E-state index in [1.807, 2.05) is 12.5 Å². The Bertz CT molecular complexity index is 1100. The van der Waals surface area contributed by atoms with Gasteiger partial charge >= 0.3 is 0 Å². The summed E-state index contributed by atoms with van der Waals surface area (Å²) in [4.78, 5) is 4.51. The summed E-state index contributed by atoms with van der Waals surface area (Å²) in [6, 6.07) is 19.7. The van der Waals surface area contributed by atoms with Gasteiger partial charge in [0.25, 0.3) is 0 Å². The van der Waals surface area contributed by atoms with Gasteiger partial charge in [0.15, 0.2) is 0 Å². The minimum absolute atomic E-state index is 0.200. The topological polar surface area (TPSA) is 27.1 Å². The predicted molar refractivity (Wildman–Crippen MR) is 126 cm³/mol. The smallest absolute Gasteiger partial charge is 0.119 e. The maximum atomic E-state index is 6.98. The Kier molecular flexibility index (Phi) is 4.13. The van der Waals surface area contributed by atoms with Crippen molar-refractivity contribution < 1.29 is 4.74 Å². The number of imidazole rings is 1. The van der Waals surface area contributed by atoms with Crippen LogP contribution in [0.15, 0.2) is 67.1 Å². The van der Waals surface area contributed by atoms with E-state index in [1.165, 1.54) is 48.9 Å². The van der Waals surface area contributed by atoms with Crippen molar-refractivity contribution in [2.24, 2.45) is 29.1 Å². The molecule has 2 aromatic carbocycles. The monoisotopic (exact) mass is 424 g/mol. The summed E-state index contributed by atoms with van der Waals surface area (Å²) in [5.41, 5.74) is 4.25. The largest absolute Gasteiger partial charge is 0.490 e. The van der Waals surface area contributed by atoms with Gasteiger partial charge in [0.05, 0.1) is 24.3 Å². The first-order valence-electron chi connectivity index (χ1n) is 12.5. The maximum absolute atomic E-state index is 6.98. The lowest BCUT2D eigenvalue weighted by molar-refractivity contribution is -0.151. The van der Waals surface area contributed by atoms with Gasteiger partial charge in [-0.15, -0.1) is 0 Å². The number of benzene rings is 2. The van der Waals surface area contributed by atoms with Crippen LogP contribution in [-0.4, -0.2) is 15.7 Å². The highest BCUT2D eigenvalue weighted by atomic mass is 16.5. The number of rotatable bonds is 5. The van der Waals surface area contributed by atoms with Gasteiger partial charge in [-0.1, -0.05) is 49.4 Å². The molecule has 32 heavy (non-hydrogen) atoms. The van der Waals surface area contributed by atoms with Crippen molar-refractivity contribution in [1.29, 1.82) is 0 Å². The molecule has 5 aliphatic rings. The molecule has 3 aromatic rings. The number of hydrogen-bond acceptors (Lipinski definition) is 2. The molecule has 0 unspecified atom stereocenters. The summed E-state index contributed by atoms with van der Waals surface area (Å²) < 4.78 is 9.37. The van der Waals surface area contributed by atoms with Gasteiger partial charge < -0.3 is 9.30 Å². The van der Waals surface area contributed by atoms with Gasteiger partial charge in [-0.25, -0.2) is 4.98 Å². The number of nitrogens with zero attached hydrogens (tertiary/aromatic N) is 2. The van der Waals surface area contributed by atoms with Gasteiger partial charge in [-0.2, -0.15) is 0 Å². The van der Waals surface area contributed by atoms with E-state index in [9.17, 15) is 0 Å². The summed E-state index contributed by atoms with van der Waals surface area (Å²) in [6.07, 6.45) is 12.4. The molecule has 0 spiro atoms. The second-order valence-electron chi connectivity index (χ2n) is 11.1. The Labute approximate surface area is 190 Å². The fourth-order valence-corrected chi connectivity index (χ4v) is 8.19. The fourth-order valence-electron chi connectivity index (χ4n) is 8.19. The highest BCUT2D eigenvalue weighted by Gasteiger charge is 2.59. The standard InChI is InChI=1S/C29H32N2O/c1-29(21-12-19-11-20(14-21)15-22(29)13-19)28(32-23-7-3-2-4-8-23)16-26-24-9-5-6-10-25(24)27-17-30-18-31(26)27/h2-10,17-22,26,28H,11-16H2,1H3/t19?,20?,21?,22?,26-,28+,29?/m0/s1. The zero-order chi connectivity index (χ0) is 21.3. The Hall–Kier alpha value is -2.55. The second-order valence-corrected chi connectivity index (χ2v) is 11.1. The van der Waals surface area contributed by atoms with Crippen LogP contribution in [0, 0.1) is 29.1 Å². The summed E-state index contributed by atoms with van der Waals surface area (Å²) in [7, 11) is 0. The van der Waals surface area contributed by atoms with Crippen molar-refractivity contribution in [3.63, 3.8) is 0 Å². The first kappa shape index (κ1) is 19.0. The zero-order valence-corrected chi connectivity index (χ0v) is 18.9. The molecule has 4 saturated carbocycles. The molecule has 3 heteroatoms. The van der Waals surface area contributed by atoms with Crippen molar-refractivity contribution in [2.45, 2.75) is 57.6 Å². The fraction of sp³-hybridized carbons (Fsp3) is 0.483. The van der Waals surface area contributed by atoms with E-state index in [0.717, 1.165) is 35.8 Å². The van der Waals surface area contributed by atoms with Crippen molar-refractivity contribution >= 4 is 0 Å². The van der Waals surface area contributed by atoms with Crippen molar-refractivity contribution in [2.75, 3.05) is 0 Å². The van der Waals surface area contributed by atoms with Crippen LogP contribution in [-0.2, 0) is 0 Å². The average Bonchev–Trinajstić information content (AvgIpc) is 3.39. The Morgan fingerprint density at radius 1 is 0.938 bits per heavy atom. The van der Waals surface area contributed by atoms with Crippen LogP contribution in [0.4, 0.5) is 0 Å². The molecule has 4 fully saturated rings. The van der Waals surface area contributed by atoms with Crippen LogP contribution in [0.25, 0.3) is 11.3 Å². The van der Waals surface area contributed by atoms with E-state index in [4.69, 9.17) is 4.74 Å². The highest BCUT2D eigenvalue weighted by Crippen LogP contribution is 2.64. The van der Waals surface area contributed by atoms with E-state index < -0.39 is 0 Å². The molecule has 0 N–H and O–H groups in total. The second kappa shape index (κ2) is 6.97. The quantitative estimate of drug-likeness (QED) is 0.453. The molecule has 3 nitrogen and oxygen atoms in total. The summed E-state index contributed by atoms with van der Waals surface area (Å²) in [6.45, 7) is 2.59. The normalized spacial score (nSPS) is 34.8. The zero-order valence-electron chi connectivity index (χ0n) is 18.9. The van der Waals surface area contributed by atoms with Crippen LogP contribution >= 0.6 is 0 Å². The molecule has 0 amide bonds. The van der Waals surface area contributed by atoms with Crippen LogP contribution in [0.3, 0.4) is 0 Å². The Balaban J connectivity index is 1.29. The average molecular weight is 425 g/mol. The lowest BCUT2D eigenvalue weighted by Gasteiger charge is -2.62. The van der Waals surface area contributed by atoms with E-state index in [2.05, 4.69) is 71.1 Å². The molecule has 4 bridgehead atoms. The van der Waals surface area contributed by atoms with Crippen LogP contribution in [0.2, 0.25) is 0 Å². The first-order valence-corrected chi connectivity index (χ1v) is 12.5. The number of hydrogen-bond donors (Lipinski definition) is 0. The van der Waals surface area contributed by atoms with Gasteiger partial charge in [0, 0.05) is 17.4 Å². The molecule has 2 heterocycles. The molecular formula is C29H32N2O. The minimum atomic E-state index is 0.200. The van der Waals surface area contributed by atoms with E-state index in [-0.39, 0.29) is 11.5 Å². The van der Waals surface area contributed by atoms with E-state index in [0.29, 0.717) is 6.04 Å². The molecule has 8 rings (SSSR count). The van der Waals surface area contributed by atoms with Gasteiger partial charge in [-0.05, 0) is 73.5 Å². The number of aromatic nitrogens is 2. The third-order valence-corrected chi connectivity index (χ3v) is 9.65. The van der Waals surface area contributed by atoms with Crippen molar-refractivity contribution in [1.82, 2.24) is 9.55 Å². The molecule has 2 atom stereocenters. The highest BCUT2D eigenvalue weighted by molar-refractivity contribution is 5.68.